The number of aryl methyl sites for hydroxylation is 2. The number of aromatic nitrogens is 3. The van der Waals surface area contributed by atoms with Gasteiger partial charge in [0, 0.05) is 6.20 Å². The molecule has 0 aliphatic rings. The first kappa shape index (κ1) is 10.0. The maximum absolute atomic E-state index is 4.53. The molecule has 3 heteroatoms. The molecule has 0 radical (unpaired) electrons. The van der Waals surface area contributed by atoms with Crippen LogP contribution in [0.25, 0.3) is 16.9 Å². The first-order valence-corrected chi connectivity index (χ1v) is 5.63. The van der Waals surface area contributed by atoms with Crippen molar-refractivity contribution in [1.82, 2.24) is 14.5 Å². The van der Waals surface area contributed by atoms with Crippen LogP contribution in [0.4, 0.5) is 0 Å². The molecule has 2 heterocycles. The fourth-order valence-corrected chi connectivity index (χ4v) is 2.13. The zero-order valence-electron chi connectivity index (χ0n) is 9.88. The van der Waals surface area contributed by atoms with Gasteiger partial charge in [-0.1, -0.05) is 18.2 Å². The van der Waals surface area contributed by atoms with Crippen molar-refractivity contribution in [1.29, 1.82) is 0 Å². The molecule has 0 atom stereocenters. The molecule has 0 aliphatic carbocycles. The fourth-order valence-electron chi connectivity index (χ4n) is 2.13. The summed E-state index contributed by atoms with van der Waals surface area (Å²) in [6, 6.07) is 12.2. The Bertz CT molecular complexity index is 683. The van der Waals surface area contributed by atoms with Gasteiger partial charge < -0.3 is 0 Å². The summed E-state index contributed by atoms with van der Waals surface area (Å²) in [5, 5.41) is 0. The number of benzene rings is 1. The monoisotopic (exact) mass is 223 g/mol. The van der Waals surface area contributed by atoms with E-state index in [1.807, 2.05) is 31.2 Å². The van der Waals surface area contributed by atoms with Crippen LogP contribution in [0.5, 0.6) is 0 Å². The minimum atomic E-state index is 0.916. The van der Waals surface area contributed by atoms with Gasteiger partial charge in [0.1, 0.15) is 11.3 Å². The number of imidazole rings is 1. The van der Waals surface area contributed by atoms with Gasteiger partial charge in [-0.2, -0.15) is 0 Å². The highest BCUT2D eigenvalue weighted by atomic mass is 15.1. The molecule has 0 aliphatic heterocycles. The Balaban J connectivity index is 2.38. The van der Waals surface area contributed by atoms with Crippen molar-refractivity contribution in [2.75, 3.05) is 0 Å². The SMILES string of the molecule is Cc1ccccc1-n1c(C)nc2cccnc21. The first-order valence-electron chi connectivity index (χ1n) is 5.63. The van der Waals surface area contributed by atoms with Crippen LogP contribution in [0, 0.1) is 13.8 Å². The Morgan fingerprint density at radius 3 is 2.65 bits per heavy atom. The molecule has 3 rings (SSSR count). The van der Waals surface area contributed by atoms with Crippen LogP contribution in [0.2, 0.25) is 0 Å². The first-order chi connectivity index (χ1) is 8.27. The maximum Gasteiger partial charge on any atom is 0.164 e. The predicted molar refractivity (Wildman–Crippen MR) is 68.3 cm³/mol. The Morgan fingerprint density at radius 2 is 1.82 bits per heavy atom. The highest BCUT2D eigenvalue weighted by molar-refractivity contribution is 5.74. The molecule has 3 aromatic rings. The van der Waals surface area contributed by atoms with Gasteiger partial charge in [-0.3, -0.25) is 4.57 Å². The topological polar surface area (TPSA) is 30.7 Å². The van der Waals surface area contributed by atoms with Crippen molar-refractivity contribution in [3.05, 3.63) is 54.0 Å². The summed E-state index contributed by atoms with van der Waals surface area (Å²) in [6.45, 7) is 4.11. The van der Waals surface area contributed by atoms with Gasteiger partial charge >= 0.3 is 0 Å². The van der Waals surface area contributed by atoms with E-state index in [9.17, 15) is 0 Å². The molecular formula is C14H13N3. The van der Waals surface area contributed by atoms with Crippen molar-refractivity contribution >= 4 is 11.2 Å². The summed E-state index contributed by atoms with van der Waals surface area (Å²) in [7, 11) is 0. The third-order valence-corrected chi connectivity index (χ3v) is 2.94. The van der Waals surface area contributed by atoms with Gasteiger partial charge in [-0.15, -0.1) is 0 Å². The average Bonchev–Trinajstić information content (AvgIpc) is 2.66. The van der Waals surface area contributed by atoms with E-state index >= 15 is 0 Å². The standard InChI is InChI=1S/C14H13N3/c1-10-6-3-4-8-13(10)17-11(2)16-12-7-5-9-15-14(12)17/h3-9H,1-2H3. The lowest BCUT2D eigenvalue weighted by atomic mass is 10.2. The van der Waals surface area contributed by atoms with Crippen LogP contribution in [-0.2, 0) is 0 Å². The molecule has 84 valence electrons. The summed E-state index contributed by atoms with van der Waals surface area (Å²) < 4.78 is 2.10. The predicted octanol–water partition coefficient (Wildman–Crippen LogP) is 3.04. The minimum absolute atomic E-state index is 0.916. The molecule has 0 amide bonds. The van der Waals surface area contributed by atoms with Crippen molar-refractivity contribution in [3.8, 4) is 5.69 Å². The Hall–Kier alpha value is -2.16. The third-order valence-electron chi connectivity index (χ3n) is 2.94. The molecule has 0 spiro atoms. The summed E-state index contributed by atoms with van der Waals surface area (Å²) >= 11 is 0. The van der Waals surface area contributed by atoms with Gasteiger partial charge in [0.2, 0.25) is 0 Å². The van der Waals surface area contributed by atoms with Crippen molar-refractivity contribution in [2.45, 2.75) is 13.8 Å². The van der Waals surface area contributed by atoms with Gasteiger partial charge in [0.15, 0.2) is 5.65 Å². The molecule has 3 nitrogen and oxygen atoms in total. The number of hydrogen-bond donors (Lipinski definition) is 0. The van der Waals surface area contributed by atoms with Gasteiger partial charge in [-0.05, 0) is 37.6 Å². The lowest BCUT2D eigenvalue weighted by molar-refractivity contribution is 0.977. The van der Waals surface area contributed by atoms with E-state index in [-0.39, 0.29) is 0 Å². The Kier molecular flexibility index (Phi) is 2.18. The third kappa shape index (κ3) is 1.51. The molecule has 0 saturated heterocycles. The van der Waals surface area contributed by atoms with E-state index in [0.29, 0.717) is 0 Å². The summed E-state index contributed by atoms with van der Waals surface area (Å²) in [5.74, 6) is 0.966. The lowest BCUT2D eigenvalue weighted by Gasteiger charge is -2.08. The minimum Gasteiger partial charge on any atom is -0.281 e. The zero-order valence-corrected chi connectivity index (χ0v) is 9.88. The second kappa shape index (κ2) is 3.70. The van der Waals surface area contributed by atoms with Crippen molar-refractivity contribution in [2.24, 2.45) is 0 Å². The summed E-state index contributed by atoms with van der Waals surface area (Å²) in [4.78, 5) is 8.95. The number of para-hydroxylation sites is 1. The van der Waals surface area contributed by atoms with Crippen LogP contribution < -0.4 is 0 Å². The molecule has 1 aromatic carbocycles. The normalized spacial score (nSPS) is 10.9. The highest BCUT2D eigenvalue weighted by Crippen LogP contribution is 2.21. The van der Waals surface area contributed by atoms with E-state index in [2.05, 4.69) is 33.6 Å². The molecule has 0 unspecified atom stereocenters. The highest BCUT2D eigenvalue weighted by Gasteiger charge is 2.10. The lowest BCUT2D eigenvalue weighted by Crippen LogP contribution is -2.00. The number of rotatable bonds is 1. The number of fused-ring (bicyclic) bond motifs is 1. The number of hydrogen-bond acceptors (Lipinski definition) is 2. The van der Waals surface area contributed by atoms with E-state index < -0.39 is 0 Å². The number of nitrogens with zero attached hydrogens (tertiary/aromatic N) is 3. The van der Waals surface area contributed by atoms with E-state index in [1.54, 1.807) is 6.20 Å². The van der Waals surface area contributed by atoms with Crippen molar-refractivity contribution in [3.63, 3.8) is 0 Å². The Labute approximate surface area is 99.8 Å². The second-order valence-electron chi connectivity index (χ2n) is 4.13. The summed E-state index contributed by atoms with van der Waals surface area (Å²) in [5.41, 5.74) is 4.22. The van der Waals surface area contributed by atoms with Gasteiger partial charge in [0.25, 0.3) is 0 Å². The molecule has 17 heavy (non-hydrogen) atoms. The molecular weight excluding hydrogens is 210 g/mol. The smallest absolute Gasteiger partial charge is 0.164 e. The van der Waals surface area contributed by atoms with Crippen LogP contribution in [0.1, 0.15) is 11.4 Å². The molecule has 0 fully saturated rings. The van der Waals surface area contributed by atoms with Crippen LogP contribution >= 0.6 is 0 Å². The quantitative estimate of drug-likeness (QED) is 0.634. The van der Waals surface area contributed by atoms with Crippen molar-refractivity contribution < 1.29 is 0 Å². The van der Waals surface area contributed by atoms with Crippen LogP contribution in [-0.4, -0.2) is 14.5 Å². The van der Waals surface area contributed by atoms with Crippen LogP contribution in [0.15, 0.2) is 42.6 Å². The molecule has 0 bridgehead atoms. The molecule has 0 saturated carbocycles. The fraction of sp³-hybridized carbons (Fsp3) is 0.143. The summed E-state index contributed by atoms with van der Waals surface area (Å²) in [6.07, 6.45) is 1.80. The zero-order chi connectivity index (χ0) is 11.8. The molecule has 0 N–H and O–H groups in total. The average molecular weight is 223 g/mol. The van der Waals surface area contributed by atoms with Crippen LogP contribution in [0.3, 0.4) is 0 Å². The number of pyridine rings is 1. The van der Waals surface area contributed by atoms with E-state index in [1.165, 1.54) is 5.56 Å². The van der Waals surface area contributed by atoms with E-state index in [0.717, 1.165) is 22.7 Å². The largest absolute Gasteiger partial charge is 0.281 e. The van der Waals surface area contributed by atoms with E-state index in [4.69, 9.17) is 0 Å². The second-order valence-corrected chi connectivity index (χ2v) is 4.13. The maximum atomic E-state index is 4.53. The van der Waals surface area contributed by atoms with Gasteiger partial charge in [-0.25, -0.2) is 9.97 Å². The Morgan fingerprint density at radius 1 is 1.00 bits per heavy atom. The van der Waals surface area contributed by atoms with Gasteiger partial charge in [0.05, 0.1) is 5.69 Å². The molecule has 2 aromatic heterocycles.